The number of aliphatic hydroxyl groups excluding tert-OH is 2. The molecule has 0 rings (SSSR count). The topological polar surface area (TPSA) is 78.8 Å². The van der Waals surface area contributed by atoms with Crippen LogP contribution in [0.4, 0.5) is 4.79 Å². The van der Waals surface area contributed by atoms with Gasteiger partial charge in [0.1, 0.15) is 0 Å². The Morgan fingerprint density at radius 3 is 2.83 bits per heavy atom. The summed E-state index contributed by atoms with van der Waals surface area (Å²) < 4.78 is 4.64. The van der Waals surface area contributed by atoms with Gasteiger partial charge >= 0.3 is 6.09 Å². The Balaban J connectivity index is 3.31. The van der Waals surface area contributed by atoms with Crippen LogP contribution in [0.15, 0.2) is 0 Å². The van der Waals surface area contributed by atoms with Crippen molar-refractivity contribution in [1.82, 2.24) is 5.32 Å². The summed E-state index contributed by atoms with van der Waals surface area (Å²) in [7, 11) is 0. The lowest BCUT2D eigenvalue weighted by Crippen LogP contribution is -2.34. The fourth-order valence-electron chi connectivity index (χ4n) is 0.511. The number of rotatable bonds is 5. The molecule has 0 radical (unpaired) electrons. The van der Waals surface area contributed by atoms with Crippen molar-refractivity contribution in [2.45, 2.75) is 19.4 Å². The average molecular weight is 177 g/mol. The molecule has 72 valence electrons. The van der Waals surface area contributed by atoms with Gasteiger partial charge in [0, 0.05) is 6.54 Å². The molecule has 0 aromatic heterocycles. The molecule has 0 fully saturated rings. The average Bonchev–Trinajstić information content (AvgIpc) is 2.10. The highest BCUT2D eigenvalue weighted by atomic mass is 16.5. The first-order valence-corrected chi connectivity index (χ1v) is 3.90. The Bertz CT molecular complexity index is 129. The lowest BCUT2D eigenvalue weighted by atomic mass is 10.4. The van der Waals surface area contributed by atoms with E-state index in [1.54, 1.807) is 0 Å². The molecule has 0 aromatic rings. The highest BCUT2D eigenvalue weighted by Crippen LogP contribution is 1.83. The summed E-state index contributed by atoms with van der Waals surface area (Å²) in [6.07, 6.45) is -0.723. The molecule has 0 heterocycles. The van der Waals surface area contributed by atoms with Crippen LogP contribution in [0, 0.1) is 0 Å². The van der Waals surface area contributed by atoms with Crippen molar-refractivity contribution in [3.8, 4) is 0 Å². The molecular weight excluding hydrogens is 162 g/mol. The van der Waals surface area contributed by atoms with E-state index in [-0.39, 0.29) is 13.2 Å². The third-order valence-electron chi connectivity index (χ3n) is 1.13. The van der Waals surface area contributed by atoms with Gasteiger partial charge < -0.3 is 20.3 Å². The van der Waals surface area contributed by atoms with E-state index in [0.717, 1.165) is 6.42 Å². The summed E-state index contributed by atoms with van der Waals surface area (Å²) in [4.78, 5) is 10.7. The number of alkyl carbamates (subject to hydrolysis) is 1. The van der Waals surface area contributed by atoms with Crippen LogP contribution in [0.3, 0.4) is 0 Å². The first-order valence-electron chi connectivity index (χ1n) is 3.90. The molecule has 0 spiro atoms. The fraction of sp³-hybridized carbons (Fsp3) is 0.857. The van der Waals surface area contributed by atoms with Crippen LogP contribution in [0.2, 0.25) is 0 Å². The molecule has 0 bridgehead atoms. The smallest absolute Gasteiger partial charge is 0.407 e. The van der Waals surface area contributed by atoms with Crippen molar-refractivity contribution in [3.05, 3.63) is 0 Å². The third kappa shape index (κ3) is 5.94. The van der Waals surface area contributed by atoms with E-state index in [0.29, 0.717) is 6.61 Å². The minimum atomic E-state index is -0.917. The van der Waals surface area contributed by atoms with Crippen LogP contribution in [-0.2, 0) is 4.74 Å². The second-order valence-electron chi connectivity index (χ2n) is 2.35. The van der Waals surface area contributed by atoms with Crippen molar-refractivity contribution in [3.63, 3.8) is 0 Å². The lowest BCUT2D eigenvalue weighted by Gasteiger charge is -2.08. The third-order valence-corrected chi connectivity index (χ3v) is 1.13. The quantitative estimate of drug-likeness (QED) is 0.527. The van der Waals surface area contributed by atoms with E-state index >= 15 is 0 Å². The van der Waals surface area contributed by atoms with Crippen molar-refractivity contribution in [1.29, 1.82) is 0 Å². The zero-order valence-electron chi connectivity index (χ0n) is 7.12. The number of amides is 1. The summed E-state index contributed by atoms with van der Waals surface area (Å²) >= 11 is 0. The second-order valence-corrected chi connectivity index (χ2v) is 2.35. The Kier molecular flexibility index (Phi) is 6.41. The van der Waals surface area contributed by atoms with Gasteiger partial charge in [-0.25, -0.2) is 4.79 Å². The van der Waals surface area contributed by atoms with E-state index < -0.39 is 12.2 Å². The van der Waals surface area contributed by atoms with Gasteiger partial charge in [0.05, 0.1) is 19.3 Å². The van der Waals surface area contributed by atoms with Gasteiger partial charge in [0.2, 0.25) is 0 Å². The van der Waals surface area contributed by atoms with E-state index in [2.05, 4.69) is 10.1 Å². The molecule has 5 nitrogen and oxygen atoms in total. The van der Waals surface area contributed by atoms with Crippen LogP contribution < -0.4 is 5.32 Å². The summed E-state index contributed by atoms with van der Waals surface area (Å²) in [5, 5.41) is 19.5. The molecule has 12 heavy (non-hydrogen) atoms. The molecule has 3 N–H and O–H groups in total. The van der Waals surface area contributed by atoms with E-state index in [1.807, 2.05) is 6.92 Å². The monoisotopic (exact) mass is 177 g/mol. The molecule has 0 aromatic carbocycles. The zero-order valence-corrected chi connectivity index (χ0v) is 7.12. The van der Waals surface area contributed by atoms with Crippen LogP contribution in [-0.4, -0.2) is 42.2 Å². The highest BCUT2D eigenvalue weighted by molar-refractivity contribution is 5.67. The van der Waals surface area contributed by atoms with Gasteiger partial charge in [-0.3, -0.25) is 0 Å². The molecule has 5 heteroatoms. The first kappa shape index (κ1) is 11.2. The van der Waals surface area contributed by atoms with Crippen molar-refractivity contribution in [2.75, 3.05) is 19.8 Å². The van der Waals surface area contributed by atoms with Crippen molar-refractivity contribution in [2.24, 2.45) is 0 Å². The Hall–Kier alpha value is -0.810. The van der Waals surface area contributed by atoms with E-state index in [9.17, 15) is 4.79 Å². The van der Waals surface area contributed by atoms with Crippen molar-refractivity contribution >= 4 is 6.09 Å². The fourth-order valence-corrected chi connectivity index (χ4v) is 0.511. The molecule has 0 aliphatic carbocycles. The summed E-state index contributed by atoms with van der Waals surface area (Å²) in [5.41, 5.74) is 0. The number of nitrogens with one attached hydrogen (secondary N) is 1. The van der Waals surface area contributed by atoms with Crippen LogP contribution in [0.1, 0.15) is 13.3 Å². The minimum absolute atomic E-state index is 0.0129. The molecule has 0 aliphatic rings. The number of hydrogen-bond donors (Lipinski definition) is 3. The standard InChI is InChI=1S/C7H15NO4/c1-2-3-12-7(11)8-4-6(10)5-9/h6,9-10H,2-5H2,1H3,(H,8,11). The summed E-state index contributed by atoms with van der Waals surface area (Å²) in [5.74, 6) is 0. The molecule has 1 unspecified atom stereocenters. The number of ether oxygens (including phenoxy) is 1. The van der Waals surface area contributed by atoms with E-state index in [4.69, 9.17) is 10.2 Å². The predicted molar refractivity (Wildman–Crippen MR) is 42.7 cm³/mol. The first-order chi connectivity index (χ1) is 5.70. The maximum Gasteiger partial charge on any atom is 0.407 e. The summed E-state index contributed by atoms with van der Waals surface area (Å²) in [6.45, 7) is 1.89. The van der Waals surface area contributed by atoms with Gasteiger partial charge in [0.15, 0.2) is 0 Å². The van der Waals surface area contributed by atoms with Gasteiger partial charge in [0.25, 0.3) is 0 Å². The van der Waals surface area contributed by atoms with Crippen LogP contribution >= 0.6 is 0 Å². The normalized spacial score (nSPS) is 12.2. The number of carbonyl (C=O) groups excluding carboxylic acids is 1. The molecule has 0 saturated carbocycles. The molecule has 0 saturated heterocycles. The SMILES string of the molecule is CCCOC(=O)NCC(O)CO. The Morgan fingerprint density at radius 1 is 1.67 bits per heavy atom. The van der Waals surface area contributed by atoms with Gasteiger partial charge in [-0.15, -0.1) is 0 Å². The summed E-state index contributed by atoms with van der Waals surface area (Å²) in [6, 6.07) is 0. The molecule has 1 amide bonds. The van der Waals surface area contributed by atoms with Gasteiger partial charge in [-0.05, 0) is 6.42 Å². The van der Waals surface area contributed by atoms with Crippen molar-refractivity contribution < 1.29 is 19.7 Å². The Labute approximate surface area is 71.3 Å². The molecule has 1 atom stereocenters. The molecule has 0 aliphatic heterocycles. The highest BCUT2D eigenvalue weighted by Gasteiger charge is 2.04. The maximum absolute atomic E-state index is 10.7. The largest absolute Gasteiger partial charge is 0.450 e. The van der Waals surface area contributed by atoms with E-state index in [1.165, 1.54) is 0 Å². The Morgan fingerprint density at radius 2 is 2.33 bits per heavy atom. The van der Waals surface area contributed by atoms with Gasteiger partial charge in [-0.1, -0.05) is 6.92 Å². The van der Waals surface area contributed by atoms with Gasteiger partial charge in [-0.2, -0.15) is 0 Å². The molecular formula is C7H15NO4. The number of aliphatic hydroxyl groups is 2. The minimum Gasteiger partial charge on any atom is -0.450 e. The van der Waals surface area contributed by atoms with Crippen LogP contribution in [0.5, 0.6) is 0 Å². The number of hydrogen-bond acceptors (Lipinski definition) is 4. The maximum atomic E-state index is 10.7. The van der Waals surface area contributed by atoms with Crippen LogP contribution in [0.25, 0.3) is 0 Å². The lowest BCUT2D eigenvalue weighted by molar-refractivity contribution is 0.0886. The zero-order chi connectivity index (χ0) is 9.40. The second kappa shape index (κ2) is 6.87. The predicted octanol–water partition coefficient (Wildman–Crippen LogP) is -0.524. The number of carbonyl (C=O) groups is 1.